The summed E-state index contributed by atoms with van der Waals surface area (Å²) >= 11 is 1.03. The standard InChI is InChI=1S/C92H155N14O41PS/c1-52(111)101-72-80(126)76(122)61(48-107)144-89(72)139-37-17-10-25-66(115)93-29-15-8-22-59(105-69(118)27-12-19-39-141-91-74(103-54(3)113)82(128)78(124)63(50-109)146-91)86(132)99-34-32-97-84(130)56-44-57(46-58(45-56)138-42-36-95-68(117)24-7-6-14-31-96-88(134)65(47-71(120)121)149-43-21-41-143-148(135,136)137-5)85(131)98-33-35-100-87(133)60(106-70(119)28-13-20-40-142-92-75(104-55(4)114)83(129)79(125)64(51-110)147-92)23-9-16-30-94-67(116)26-11-18-38-140-90-73(102-53(2)112)81(127)77(123)62(49-108)145-90/h44-46,59-65,72-83,89-92,107-110,122-129H,6-43,47-51H2,1-5H3,(H,93,115)(H,94,116)(H,95,117)(H,96,134)(H,97,130)(H,98,131)(H,99,132)(H,100,133)(H,101,111)(H,102,112)(H,103,113)(H,104,114)(H,105,118)(H,106,119)(H,120,121)(H,135,136)/t59-,60-,61?,62?,63?,64?,65?,72?,73?,74?,75?,76?,77?,78?,79?,80?,81?,82?,83?,89?,90?,91?,92?/m0/s1. The van der Waals surface area contributed by atoms with Gasteiger partial charge in [-0.2, -0.15) is 0 Å². The minimum atomic E-state index is -4.22. The van der Waals surface area contributed by atoms with Gasteiger partial charge in [-0.05, 0) is 133 Å². The minimum Gasteiger partial charge on any atom is -0.492 e. The number of unbranched alkanes of at least 4 members (excludes halogenated alkanes) is 8. The van der Waals surface area contributed by atoms with Crippen LogP contribution in [0.4, 0.5) is 0 Å². The molecule has 4 saturated heterocycles. The highest BCUT2D eigenvalue weighted by Crippen LogP contribution is 2.42. The maximum absolute atomic E-state index is 14.2. The number of aliphatic carboxylic acids is 1. The van der Waals surface area contributed by atoms with Crippen molar-refractivity contribution in [3.63, 3.8) is 0 Å². The summed E-state index contributed by atoms with van der Waals surface area (Å²) < 4.78 is 72.2. The first kappa shape index (κ1) is 130. The Bertz CT molecular complexity index is 4130. The van der Waals surface area contributed by atoms with Gasteiger partial charge in [0, 0.05) is 150 Å². The average Bonchev–Trinajstić information content (AvgIpc) is 0.824. The normalized spacial score (nSPS) is 24.6. The van der Waals surface area contributed by atoms with Crippen LogP contribution in [-0.4, -0.2) is 431 Å². The molecule has 0 aromatic heterocycles. The maximum Gasteiger partial charge on any atom is 0.471 e. The Hall–Kier alpha value is -9.27. The van der Waals surface area contributed by atoms with Crippen LogP contribution < -0.4 is 79.2 Å². The third kappa shape index (κ3) is 49.6. The predicted molar refractivity (Wildman–Crippen MR) is 521 cm³/mol. The number of hydrogen-bond acceptors (Lipinski definition) is 40. The monoisotopic (exact) mass is 2170 g/mol. The Kier molecular flexibility index (Phi) is 62.5. The molecule has 4 aliphatic rings. The van der Waals surface area contributed by atoms with Crippen molar-refractivity contribution in [2.24, 2.45) is 0 Å². The summed E-state index contributed by atoms with van der Waals surface area (Å²) in [5.41, 5.74) is -0.294. The molecule has 5 rings (SSSR count). The summed E-state index contributed by atoms with van der Waals surface area (Å²) in [5.74, 6) is -8.93. The third-order valence-electron chi connectivity index (χ3n) is 23.8. The molecule has 1 aromatic carbocycles. The zero-order chi connectivity index (χ0) is 110. The van der Waals surface area contributed by atoms with Crippen LogP contribution in [0.15, 0.2) is 18.2 Å². The van der Waals surface area contributed by atoms with Crippen LogP contribution >= 0.6 is 19.6 Å². The molecule has 0 aliphatic carbocycles. The van der Waals surface area contributed by atoms with E-state index < -0.39 is 252 Å². The van der Waals surface area contributed by atoms with Gasteiger partial charge in [-0.15, -0.1) is 11.8 Å². The molecule has 850 valence electrons. The zero-order valence-electron chi connectivity index (χ0n) is 84.6. The predicted octanol–water partition coefficient (Wildman–Crippen LogP) is -7.65. The second kappa shape index (κ2) is 71.6. The van der Waals surface area contributed by atoms with E-state index in [2.05, 4.69) is 79.0 Å². The molecule has 0 radical (unpaired) electrons. The van der Waals surface area contributed by atoms with Gasteiger partial charge in [0.15, 0.2) is 25.2 Å². The highest BCUT2D eigenvalue weighted by atomic mass is 32.2. The Morgan fingerprint density at radius 1 is 0.362 bits per heavy atom. The maximum atomic E-state index is 14.2. The Labute approximate surface area is 866 Å². The smallest absolute Gasteiger partial charge is 0.471 e. The number of aliphatic hydroxyl groups excluding tert-OH is 12. The number of aliphatic hydroxyl groups is 12. The second-order valence-electron chi connectivity index (χ2n) is 35.9. The SMILES string of the molecule is COP(=O)(O)OCCCSC(CC(=O)O)C(=O)NCCCCCC(=O)NCCOc1cc(C(=O)NCCNC(=O)[C@H](CCCCNC(=O)CCCCOC2OC(CO)C(O)C(O)C2NC(C)=O)NC(=O)CCCCOC2OC(CO)C(O)C(O)C2NC(C)=O)cc(C(=O)NCCNC(=O)[C@H](CCCCNC(=O)CCCCOC2OC(CO)C(O)C(O)C2NC(C)=O)NC(=O)CCCCOC2OC(CO)C(O)C(O)C2NC(C)=O)c1. The van der Waals surface area contributed by atoms with Crippen LogP contribution in [0.5, 0.6) is 5.75 Å². The van der Waals surface area contributed by atoms with Crippen molar-refractivity contribution < 1.29 is 199 Å². The molecule has 22 unspecified atom stereocenters. The van der Waals surface area contributed by atoms with Gasteiger partial charge in [-0.25, -0.2) is 4.57 Å². The number of carboxylic acid groups (broad SMARTS) is 1. The van der Waals surface area contributed by atoms with E-state index >= 15 is 0 Å². The molecule has 4 fully saturated rings. The number of nitrogens with one attached hydrogen (secondary N) is 14. The lowest BCUT2D eigenvalue weighted by Gasteiger charge is -2.42. The average molecular weight is 2180 g/mol. The molecule has 14 amide bonds. The molecule has 4 aliphatic heterocycles. The van der Waals surface area contributed by atoms with E-state index in [0.717, 1.165) is 18.9 Å². The first-order valence-electron chi connectivity index (χ1n) is 50.0. The van der Waals surface area contributed by atoms with Crippen molar-refractivity contribution in [2.75, 3.05) is 131 Å². The lowest BCUT2D eigenvalue weighted by Crippen LogP contribution is -2.64. The third-order valence-corrected chi connectivity index (χ3v) is 26.1. The molecule has 0 bridgehead atoms. The second-order valence-corrected chi connectivity index (χ2v) is 38.8. The minimum absolute atomic E-state index is 0.00448. The molecule has 1 aromatic rings. The summed E-state index contributed by atoms with van der Waals surface area (Å²) in [7, 11) is -3.23. The van der Waals surface area contributed by atoms with Gasteiger partial charge in [0.2, 0.25) is 70.9 Å². The molecule has 0 saturated carbocycles. The van der Waals surface area contributed by atoms with Gasteiger partial charge >= 0.3 is 13.8 Å². The Balaban J connectivity index is 1.26. The number of thioether (sulfide) groups is 1. The number of carbonyl (C=O) groups excluding carboxylic acids is 14. The number of hydrogen-bond donors (Lipinski definition) is 28. The van der Waals surface area contributed by atoms with Crippen molar-refractivity contribution in [2.45, 2.75) is 322 Å². The quantitative estimate of drug-likeness (QED) is 0.0213. The van der Waals surface area contributed by atoms with Gasteiger partial charge in [-0.1, -0.05) is 6.42 Å². The summed E-state index contributed by atoms with van der Waals surface area (Å²) in [6.07, 6.45) is -18.2. The zero-order valence-corrected chi connectivity index (χ0v) is 86.3. The number of phosphoric acid groups is 1. The summed E-state index contributed by atoms with van der Waals surface area (Å²) in [4.78, 5) is 205. The fourth-order valence-corrected chi connectivity index (χ4v) is 17.4. The number of carboxylic acids is 1. The van der Waals surface area contributed by atoms with Crippen molar-refractivity contribution in [1.29, 1.82) is 0 Å². The van der Waals surface area contributed by atoms with E-state index in [4.69, 9.17) is 47.2 Å². The van der Waals surface area contributed by atoms with Crippen LogP contribution in [0.1, 0.15) is 203 Å². The molecule has 149 heavy (non-hydrogen) atoms. The highest BCUT2D eigenvalue weighted by molar-refractivity contribution is 8.00. The van der Waals surface area contributed by atoms with E-state index in [1.807, 2.05) is 0 Å². The first-order chi connectivity index (χ1) is 71.0. The first-order valence-corrected chi connectivity index (χ1v) is 52.6. The number of amides is 14. The Morgan fingerprint density at radius 3 is 1.01 bits per heavy atom. The largest absolute Gasteiger partial charge is 0.492 e. The van der Waals surface area contributed by atoms with Crippen LogP contribution in [0, 0.1) is 0 Å². The van der Waals surface area contributed by atoms with Gasteiger partial charge in [0.25, 0.3) is 11.8 Å². The molecule has 55 nitrogen and oxygen atoms in total. The lowest BCUT2D eigenvalue weighted by atomic mass is 9.97. The fraction of sp³-hybridized carbons (Fsp3) is 0.772. The number of benzene rings is 1. The fourth-order valence-electron chi connectivity index (χ4n) is 15.8. The molecule has 0 spiro atoms. The topological polar surface area (TPSA) is 826 Å². The summed E-state index contributed by atoms with van der Waals surface area (Å²) in [6, 6.07) is -3.32. The molecule has 28 N–H and O–H groups in total. The van der Waals surface area contributed by atoms with Crippen LogP contribution in [0.25, 0.3) is 0 Å². The van der Waals surface area contributed by atoms with Gasteiger partial charge in [0.05, 0.1) is 51.2 Å². The molecular weight excluding hydrogens is 2020 g/mol. The lowest BCUT2D eigenvalue weighted by molar-refractivity contribution is -0.270. The number of phosphoric ester groups is 1. The van der Waals surface area contributed by atoms with Crippen molar-refractivity contribution in [3.8, 4) is 5.75 Å². The Morgan fingerprint density at radius 2 is 0.678 bits per heavy atom. The van der Waals surface area contributed by atoms with E-state index in [-0.39, 0.29) is 222 Å². The number of carbonyl (C=O) groups is 15. The highest BCUT2D eigenvalue weighted by Gasteiger charge is 2.50. The number of rotatable bonds is 74. The molecular formula is C92H155N14O41PS. The van der Waals surface area contributed by atoms with Crippen LogP contribution in [0.3, 0.4) is 0 Å². The van der Waals surface area contributed by atoms with Gasteiger partial charge < -0.3 is 188 Å². The summed E-state index contributed by atoms with van der Waals surface area (Å²) in [5, 5.41) is 169. The van der Waals surface area contributed by atoms with Crippen LogP contribution in [0.2, 0.25) is 0 Å². The van der Waals surface area contributed by atoms with Crippen molar-refractivity contribution >= 4 is 108 Å². The molecule has 57 heteroatoms. The van der Waals surface area contributed by atoms with Crippen molar-refractivity contribution in [3.05, 3.63) is 29.3 Å². The van der Waals surface area contributed by atoms with E-state index in [9.17, 15) is 148 Å². The van der Waals surface area contributed by atoms with E-state index in [1.165, 1.54) is 45.9 Å². The van der Waals surface area contributed by atoms with E-state index in [1.54, 1.807) is 0 Å². The van der Waals surface area contributed by atoms with Gasteiger partial charge in [-0.3, -0.25) is 81.0 Å². The van der Waals surface area contributed by atoms with Crippen LogP contribution in [-0.2, 0) is 114 Å². The number of ether oxygens (including phenoxy) is 9. The molecule has 4 heterocycles. The van der Waals surface area contributed by atoms with Crippen molar-refractivity contribution in [1.82, 2.24) is 74.4 Å². The van der Waals surface area contributed by atoms with E-state index in [0.29, 0.717) is 57.8 Å². The van der Waals surface area contributed by atoms with Gasteiger partial charge in [0.1, 0.15) is 122 Å². The summed E-state index contributed by atoms with van der Waals surface area (Å²) in [6.45, 7) is 0.900. The molecule has 24 atom stereocenters.